The zero-order chi connectivity index (χ0) is 23.4. The van der Waals surface area contributed by atoms with Crippen molar-refractivity contribution in [3.05, 3.63) is 71.2 Å². The number of Topliss-reactive ketones (excluding diaryl/α,β-unsaturated/α-hetero) is 2. The second-order valence-corrected chi connectivity index (χ2v) is 6.71. The molecule has 8 nitrogen and oxygen atoms in total. The van der Waals surface area contributed by atoms with Gasteiger partial charge in [0.05, 0.1) is 25.4 Å². The highest BCUT2D eigenvalue weighted by molar-refractivity contribution is 6.47. The Labute approximate surface area is 184 Å². The van der Waals surface area contributed by atoms with E-state index in [1.165, 1.54) is 38.5 Å². The van der Waals surface area contributed by atoms with E-state index in [1.54, 1.807) is 24.3 Å². The molecule has 0 N–H and O–H groups in total. The summed E-state index contributed by atoms with van der Waals surface area (Å²) >= 11 is 0. The number of carbonyl (C=O) groups excluding carboxylic acids is 4. The minimum atomic E-state index is -0.780. The molecule has 0 aromatic heterocycles. The van der Waals surface area contributed by atoms with Crippen molar-refractivity contribution >= 4 is 34.7 Å². The van der Waals surface area contributed by atoms with E-state index in [4.69, 9.17) is 18.9 Å². The number of methoxy groups -OCH3 is 2. The molecule has 1 aliphatic carbocycles. The van der Waals surface area contributed by atoms with Gasteiger partial charge >= 0.3 is 11.9 Å². The summed E-state index contributed by atoms with van der Waals surface area (Å²) in [5.74, 6) is -2.96. The standard InChI is InChI=1S/C24H20O8/c1-13(25)31-23-19(15-5-9-17(29-3)10-6-15)22(28)24(32-14(2)26)20(21(23)27)16-7-11-18(30-4)12-8-16/h5-12H,1-4H3. The van der Waals surface area contributed by atoms with E-state index in [0.29, 0.717) is 22.6 Å². The Morgan fingerprint density at radius 1 is 0.594 bits per heavy atom. The number of rotatable bonds is 6. The monoisotopic (exact) mass is 436 g/mol. The fourth-order valence-electron chi connectivity index (χ4n) is 3.18. The molecule has 0 radical (unpaired) electrons. The zero-order valence-electron chi connectivity index (χ0n) is 17.9. The topological polar surface area (TPSA) is 105 Å². The van der Waals surface area contributed by atoms with Crippen molar-refractivity contribution in [1.29, 1.82) is 0 Å². The molecular weight excluding hydrogens is 416 g/mol. The fraction of sp³-hybridized carbons (Fsp3) is 0.167. The molecule has 0 fully saturated rings. The normalized spacial score (nSPS) is 13.8. The van der Waals surface area contributed by atoms with Crippen LogP contribution < -0.4 is 9.47 Å². The molecule has 164 valence electrons. The SMILES string of the molecule is COc1ccc(C2=C(OC(C)=O)C(=O)C(c3ccc(OC)cc3)=C(OC(C)=O)C2=O)cc1. The Kier molecular flexibility index (Phi) is 6.53. The van der Waals surface area contributed by atoms with Crippen LogP contribution >= 0.6 is 0 Å². The molecule has 32 heavy (non-hydrogen) atoms. The maximum absolute atomic E-state index is 13.5. The zero-order valence-corrected chi connectivity index (χ0v) is 17.9. The Morgan fingerprint density at radius 2 is 0.906 bits per heavy atom. The van der Waals surface area contributed by atoms with Gasteiger partial charge in [-0.25, -0.2) is 0 Å². The smallest absolute Gasteiger partial charge is 0.308 e. The van der Waals surface area contributed by atoms with Gasteiger partial charge in [-0.05, 0) is 35.4 Å². The molecule has 3 rings (SSSR count). The third kappa shape index (κ3) is 4.44. The molecule has 0 atom stereocenters. The molecule has 2 aromatic rings. The van der Waals surface area contributed by atoms with Crippen LogP contribution in [0.1, 0.15) is 25.0 Å². The summed E-state index contributed by atoms with van der Waals surface area (Å²) in [7, 11) is 2.97. The first kappa shape index (κ1) is 22.5. The molecule has 2 aromatic carbocycles. The number of benzene rings is 2. The number of esters is 2. The van der Waals surface area contributed by atoms with Crippen molar-refractivity contribution in [2.45, 2.75) is 13.8 Å². The van der Waals surface area contributed by atoms with Gasteiger partial charge in [0.1, 0.15) is 11.5 Å². The molecule has 0 aliphatic heterocycles. The van der Waals surface area contributed by atoms with E-state index in [-0.39, 0.29) is 11.1 Å². The number of allylic oxidation sites excluding steroid dienone is 2. The van der Waals surface area contributed by atoms with E-state index in [1.807, 2.05) is 0 Å². The molecule has 8 heteroatoms. The summed E-state index contributed by atoms with van der Waals surface area (Å²) in [6.07, 6.45) is 0. The van der Waals surface area contributed by atoms with Crippen LogP contribution in [0, 0.1) is 0 Å². The average Bonchev–Trinajstić information content (AvgIpc) is 2.77. The van der Waals surface area contributed by atoms with E-state index in [2.05, 4.69) is 0 Å². The highest BCUT2D eigenvalue weighted by atomic mass is 16.5. The number of ether oxygens (including phenoxy) is 4. The number of hydrogen-bond acceptors (Lipinski definition) is 8. The third-order valence-corrected chi connectivity index (χ3v) is 4.57. The Bertz CT molecular complexity index is 1060. The summed E-state index contributed by atoms with van der Waals surface area (Å²) in [5, 5.41) is 0. The van der Waals surface area contributed by atoms with Gasteiger partial charge in [-0.2, -0.15) is 0 Å². The van der Waals surface area contributed by atoms with Crippen LogP contribution in [0.3, 0.4) is 0 Å². The van der Waals surface area contributed by atoms with Gasteiger partial charge in [0.15, 0.2) is 11.5 Å². The molecule has 0 unspecified atom stereocenters. The average molecular weight is 436 g/mol. The molecule has 0 spiro atoms. The maximum atomic E-state index is 13.5. The lowest BCUT2D eigenvalue weighted by Gasteiger charge is -2.23. The van der Waals surface area contributed by atoms with Gasteiger partial charge in [0, 0.05) is 13.8 Å². The Balaban J connectivity index is 2.24. The number of hydrogen-bond donors (Lipinski definition) is 0. The van der Waals surface area contributed by atoms with Gasteiger partial charge in [0.25, 0.3) is 0 Å². The fourth-order valence-corrected chi connectivity index (χ4v) is 3.18. The van der Waals surface area contributed by atoms with Crippen LogP contribution in [0.15, 0.2) is 60.0 Å². The number of ketones is 2. The minimum absolute atomic E-state index is 0.193. The summed E-state index contributed by atoms with van der Waals surface area (Å²) in [4.78, 5) is 50.5. The Morgan fingerprint density at radius 3 is 1.16 bits per heavy atom. The maximum Gasteiger partial charge on any atom is 0.308 e. The van der Waals surface area contributed by atoms with Gasteiger partial charge in [-0.1, -0.05) is 24.3 Å². The second kappa shape index (κ2) is 9.30. The first-order valence-electron chi connectivity index (χ1n) is 9.50. The lowest BCUT2D eigenvalue weighted by Crippen LogP contribution is -2.27. The van der Waals surface area contributed by atoms with Gasteiger partial charge in [0.2, 0.25) is 11.6 Å². The molecule has 0 amide bonds. The van der Waals surface area contributed by atoms with Crippen molar-refractivity contribution in [2.75, 3.05) is 14.2 Å². The van der Waals surface area contributed by atoms with E-state index < -0.39 is 35.0 Å². The molecule has 1 aliphatic rings. The van der Waals surface area contributed by atoms with Gasteiger partial charge in [-0.15, -0.1) is 0 Å². The molecule has 0 saturated carbocycles. The van der Waals surface area contributed by atoms with Gasteiger partial charge < -0.3 is 18.9 Å². The van der Waals surface area contributed by atoms with Crippen LogP contribution in [0.25, 0.3) is 11.1 Å². The third-order valence-electron chi connectivity index (χ3n) is 4.57. The number of carbonyl (C=O) groups is 4. The first-order chi connectivity index (χ1) is 15.3. The van der Waals surface area contributed by atoms with Crippen molar-refractivity contribution in [2.24, 2.45) is 0 Å². The summed E-state index contributed by atoms with van der Waals surface area (Å²) in [5.41, 5.74) is 0.195. The Hall–Kier alpha value is -4.20. The van der Waals surface area contributed by atoms with Crippen LogP contribution in [-0.2, 0) is 28.7 Å². The van der Waals surface area contributed by atoms with Crippen LogP contribution in [0.2, 0.25) is 0 Å². The predicted molar refractivity (Wildman–Crippen MR) is 113 cm³/mol. The van der Waals surface area contributed by atoms with Crippen molar-refractivity contribution in [3.63, 3.8) is 0 Å². The first-order valence-corrected chi connectivity index (χ1v) is 9.50. The van der Waals surface area contributed by atoms with Crippen LogP contribution in [0.5, 0.6) is 11.5 Å². The van der Waals surface area contributed by atoms with Gasteiger partial charge in [-0.3, -0.25) is 19.2 Å². The van der Waals surface area contributed by atoms with Crippen molar-refractivity contribution in [3.8, 4) is 11.5 Å². The molecule has 0 bridgehead atoms. The van der Waals surface area contributed by atoms with E-state index in [9.17, 15) is 19.2 Å². The lowest BCUT2D eigenvalue weighted by molar-refractivity contribution is -0.141. The quantitative estimate of drug-likeness (QED) is 0.503. The van der Waals surface area contributed by atoms with Crippen molar-refractivity contribution < 1.29 is 38.1 Å². The predicted octanol–water partition coefficient (Wildman–Crippen LogP) is 3.10. The van der Waals surface area contributed by atoms with E-state index in [0.717, 1.165) is 13.8 Å². The largest absolute Gasteiger partial charge is 0.497 e. The van der Waals surface area contributed by atoms with Crippen molar-refractivity contribution in [1.82, 2.24) is 0 Å². The summed E-state index contributed by atoms with van der Waals surface area (Å²) in [6, 6.07) is 12.5. The highest BCUT2D eigenvalue weighted by Crippen LogP contribution is 2.38. The van der Waals surface area contributed by atoms with Crippen LogP contribution in [-0.4, -0.2) is 37.7 Å². The molecule has 0 saturated heterocycles. The van der Waals surface area contributed by atoms with E-state index >= 15 is 0 Å². The summed E-state index contributed by atoms with van der Waals surface area (Å²) < 4.78 is 20.6. The minimum Gasteiger partial charge on any atom is -0.497 e. The van der Waals surface area contributed by atoms with Crippen LogP contribution in [0.4, 0.5) is 0 Å². The second-order valence-electron chi connectivity index (χ2n) is 6.71. The summed E-state index contributed by atoms with van der Waals surface area (Å²) in [6.45, 7) is 2.24. The molecular formula is C24H20O8. The lowest BCUT2D eigenvalue weighted by atomic mass is 9.86. The highest BCUT2D eigenvalue weighted by Gasteiger charge is 2.40. The molecule has 0 heterocycles.